The fourth-order valence-corrected chi connectivity index (χ4v) is 1.99. The molecule has 0 saturated carbocycles. The van der Waals surface area contributed by atoms with E-state index in [4.69, 9.17) is 5.73 Å². The predicted molar refractivity (Wildman–Crippen MR) is 55.4 cm³/mol. The summed E-state index contributed by atoms with van der Waals surface area (Å²) in [6, 6.07) is 3.34. The molecule has 0 unspecified atom stereocenters. The summed E-state index contributed by atoms with van der Waals surface area (Å²) in [4.78, 5) is 4.93. The van der Waals surface area contributed by atoms with Gasteiger partial charge in [0.25, 0.3) is 0 Å². The molecule has 1 aromatic carbocycles. The van der Waals surface area contributed by atoms with E-state index in [2.05, 4.69) is 4.98 Å². The molecule has 2 N–H and O–H groups in total. The first-order valence-electron chi connectivity index (χ1n) is 4.30. The summed E-state index contributed by atoms with van der Waals surface area (Å²) in [7, 11) is 0. The number of halogens is 2. The Balaban J connectivity index is 2.44. The Labute approximate surface area is 89.4 Å². The number of hydrogen-bond donors (Lipinski definition) is 1. The van der Waals surface area contributed by atoms with Gasteiger partial charge >= 0.3 is 0 Å². The monoisotopic (exact) mass is 226 g/mol. The van der Waals surface area contributed by atoms with E-state index in [1.54, 1.807) is 6.20 Å². The zero-order chi connectivity index (χ0) is 10.8. The van der Waals surface area contributed by atoms with Gasteiger partial charge in [-0.15, -0.1) is 11.3 Å². The molecule has 1 heterocycles. The molecule has 1 aromatic heterocycles. The Morgan fingerprint density at radius 2 is 1.87 bits per heavy atom. The zero-order valence-corrected chi connectivity index (χ0v) is 8.52. The quantitative estimate of drug-likeness (QED) is 0.854. The van der Waals surface area contributed by atoms with Crippen LogP contribution in [0.2, 0.25) is 0 Å². The van der Waals surface area contributed by atoms with Crippen molar-refractivity contribution in [1.29, 1.82) is 0 Å². The Bertz CT molecular complexity index is 462. The van der Waals surface area contributed by atoms with E-state index in [1.165, 1.54) is 23.5 Å². The summed E-state index contributed by atoms with van der Waals surface area (Å²) in [6.45, 7) is 0.384. The summed E-state index contributed by atoms with van der Waals surface area (Å²) in [5, 5.41) is 0.578. The van der Waals surface area contributed by atoms with Gasteiger partial charge < -0.3 is 5.73 Å². The second kappa shape index (κ2) is 4.04. The van der Waals surface area contributed by atoms with Crippen LogP contribution in [0.5, 0.6) is 0 Å². The molecular formula is C10H8F2N2S. The van der Waals surface area contributed by atoms with Crippen LogP contribution in [0, 0.1) is 11.6 Å². The smallest absolute Gasteiger partial charge is 0.126 e. The van der Waals surface area contributed by atoms with Gasteiger partial charge in [0, 0.05) is 29.2 Å². The van der Waals surface area contributed by atoms with Crippen LogP contribution in [-0.2, 0) is 6.54 Å². The third kappa shape index (κ3) is 2.19. The SMILES string of the molecule is NCc1cnc(-c2cc(F)cc(F)c2)s1. The van der Waals surface area contributed by atoms with Gasteiger partial charge in [-0.2, -0.15) is 0 Å². The van der Waals surface area contributed by atoms with E-state index in [-0.39, 0.29) is 0 Å². The molecule has 2 nitrogen and oxygen atoms in total. The molecule has 15 heavy (non-hydrogen) atoms. The van der Waals surface area contributed by atoms with Crippen LogP contribution in [0.15, 0.2) is 24.4 Å². The Morgan fingerprint density at radius 3 is 2.40 bits per heavy atom. The molecule has 0 fully saturated rings. The molecule has 0 saturated heterocycles. The molecule has 0 aliphatic heterocycles. The van der Waals surface area contributed by atoms with Crippen LogP contribution in [-0.4, -0.2) is 4.98 Å². The van der Waals surface area contributed by atoms with E-state index in [0.29, 0.717) is 17.1 Å². The lowest BCUT2D eigenvalue weighted by molar-refractivity contribution is 0.584. The average Bonchev–Trinajstić information content (AvgIpc) is 2.64. The van der Waals surface area contributed by atoms with Gasteiger partial charge in [-0.05, 0) is 12.1 Å². The molecule has 0 amide bonds. The maximum absolute atomic E-state index is 12.9. The highest BCUT2D eigenvalue weighted by molar-refractivity contribution is 7.15. The van der Waals surface area contributed by atoms with E-state index in [9.17, 15) is 8.78 Å². The Morgan fingerprint density at radius 1 is 1.20 bits per heavy atom. The minimum Gasteiger partial charge on any atom is -0.326 e. The Hall–Kier alpha value is -1.33. The van der Waals surface area contributed by atoms with Gasteiger partial charge in [0.15, 0.2) is 0 Å². The fourth-order valence-electron chi connectivity index (χ4n) is 1.21. The van der Waals surface area contributed by atoms with Gasteiger partial charge in [0.05, 0.1) is 0 Å². The van der Waals surface area contributed by atoms with Crippen molar-refractivity contribution in [1.82, 2.24) is 4.98 Å². The van der Waals surface area contributed by atoms with Crippen LogP contribution in [0.4, 0.5) is 8.78 Å². The topological polar surface area (TPSA) is 38.9 Å². The molecule has 2 rings (SSSR count). The van der Waals surface area contributed by atoms with Crippen molar-refractivity contribution >= 4 is 11.3 Å². The lowest BCUT2D eigenvalue weighted by Gasteiger charge is -1.96. The summed E-state index contributed by atoms with van der Waals surface area (Å²) in [5.41, 5.74) is 5.87. The van der Waals surface area contributed by atoms with Crippen molar-refractivity contribution in [3.63, 3.8) is 0 Å². The van der Waals surface area contributed by atoms with Crippen molar-refractivity contribution in [2.24, 2.45) is 5.73 Å². The first-order valence-corrected chi connectivity index (χ1v) is 5.12. The normalized spacial score (nSPS) is 10.6. The van der Waals surface area contributed by atoms with Crippen LogP contribution in [0.25, 0.3) is 10.6 Å². The lowest BCUT2D eigenvalue weighted by atomic mass is 10.2. The van der Waals surface area contributed by atoms with Gasteiger partial charge in [-0.25, -0.2) is 13.8 Å². The predicted octanol–water partition coefficient (Wildman–Crippen LogP) is 2.55. The van der Waals surface area contributed by atoms with Gasteiger partial charge in [-0.3, -0.25) is 0 Å². The van der Waals surface area contributed by atoms with Gasteiger partial charge in [0.1, 0.15) is 16.6 Å². The minimum atomic E-state index is -0.602. The van der Waals surface area contributed by atoms with Crippen molar-refractivity contribution < 1.29 is 8.78 Å². The maximum atomic E-state index is 12.9. The van der Waals surface area contributed by atoms with Crippen molar-refractivity contribution in [2.75, 3.05) is 0 Å². The highest BCUT2D eigenvalue weighted by Gasteiger charge is 2.07. The highest BCUT2D eigenvalue weighted by atomic mass is 32.1. The fraction of sp³-hybridized carbons (Fsp3) is 0.100. The number of nitrogens with zero attached hydrogens (tertiary/aromatic N) is 1. The molecular weight excluding hydrogens is 218 g/mol. The minimum absolute atomic E-state index is 0.384. The molecule has 0 radical (unpaired) electrons. The lowest BCUT2D eigenvalue weighted by Crippen LogP contribution is -1.91. The van der Waals surface area contributed by atoms with Crippen LogP contribution < -0.4 is 5.73 Å². The van der Waals surface area contributed by atoms with Crippen molar-refractivity contribution in [2.45, 2.75) is 6.54 Å². The zero-order valence-electron chi connectivity index (χ0n) is 7.71. The number of rotatable bonds is 2. The first-order chi connectivity index (χ1) is 7.19. The number of nitrogens with two attached hydrogens (primary N) is 1. The average molecular weight is 226 g/mol. The molecule has 0 aliphatic rings. The van der Waals surface area contributed by atoms with Crippen LogP contribution in [0.3, 0.4) is 0 Å². The summed E-state index contributed by atoms with van der Waals surface area (Å²) in [6.07, 6.45) is 1.61. The summed E-state index contributed by atoms with van der Waals surface area (Å²) < 4.78 is 25.8. The van der Waals surface area contributed by atoms with Gasteiger partial charge in [0.2, 0.25) is 0 Å². The third-order valence-electron chi connectivity index (χ3n) is 1.86. The third-order valence-corrected chi connectivity index (χ3v) is 2.93. The highest BCUT2D eigenvalue weighted by Crippen LogP contribution is 2.26. The molecule has 5 heteroatoms. The molecule has 0 bridgehead atoms. The van der Waals surface area contributed by atoms with Crippen LogP contribution in [0.1, 0.15) is 4.88 Å². The van der Waals surface area contributed by atoms with E-state index >= 15 is 0 Å². The number of aromatic nitrogens is 1. The standard InChI is InChI=1S/C10H8F2N2S/c11-7-1-6(2-8(12)3-7)10-14-5-9(4-13)15-10/h1-3,5H,4,13H2. The maximum Gasteiger partial charge on any atom is 0.126 e. The largest absolute Gasteiger partial charge is 0.326 e. The summed E-state index contributed by atoms with van der Waals surface area (Å²) in [5.74, 6) is -1.20. The number of thiazole rings is 1. The van der Waals surface area contributed by atoms with E-state index in [1.807, 2.05) is 0 Å². The summed E-state index contributed by atoms with van der Waals surface area (Å²) >= 11 is 1.33. The van der Waals surface area contributed by atoms with Crippen LogP contribution >= 0.6 is 11.3 Å². The molecule has 0 spiro atoms. The van der Waals surface area contributed by atoms with Crippen molar-refractivity contribution in [3.05, 3.63) is 40.9 Å². The van der Waals surface area contributed by atoms with Gasteiger partial charge in [-0.1, -0.05) is 0 Å². The molecule has 2 aromatic rings. The van der Waals surface area contributed by atoms with E-state index in [0.717, 1.165) is 10.9 Å². The van der Waals surface area contributed by atoms with Crippen molar-refractivity contribution in [3.8, 4) is 10.6 Å². The number of benzene rings is 1. The Kier molecular flexibility index (Phi) is 2.75. The number of hydrogen-bond acceptors (Lipinski definition) is 3. The first kappa shape index (κ1) is 10.2. The van der Waals surface area contributed by atoms with E-state index < -0.39 is 11.6 Å². The molecule has 0 aliphatic carbocycles. The molecule has 78 valence electrons. The second-order valence-electron chi connectivity index (χ2n) is 2.99. The second-order valence-corrected chi connectivity index (χ2v) is 4.11. The molecule has 0 atom stereocenters.